The molecule has 0 unspecified atom stereocenters. The summed E-state index contributed by atoms with van der Waals surface area (Å²) in [4.78, 5) is 0. The van der Waals surface area contributed by atoms with E-state index in [0.29, 0.717) is 0 Å². The van der Waals surface area contributed by atoms with Gasteiger partial charge >= 0.3 is 0 Å². The number of hydrogen-bond acceptors (Lipinski definition) is 1. The second kappa shape index (κ2) is 11.5. The molecule has 2 N–H and O–H groups in total. The molecule has 0 aliphatic heterocycles. The molecule has 226 valence electrons. The van der Waals surface area contributed by atoms with E-state index in [9.17, 15) is 0 Å². The fraction of sp³-hybridized carbons (Fsp3) is 0. The van der Waals surface area contributed by atoms with Crippen LogP contribution < -0.4 is 5.73 Å². The molecule has 0 atom stereocenters. The van der Waals surface area contributed by atoms with Crippen molar-refractivity contribution in [3.05, 3.63) is 182 Å². The van der Waals surface area contributed by atoms with E-state index in [0.717, 1.165) is 44.5 Å². The lowest BCUT2D eigenvalue weighted by molar-refractivity contribution is 1.18. The van der Waals surface area contributed by atoms with Crippen molar-refractivity contribution in [2.45, 2.75) is 0 Å². The molecule has 9 rings (SSSR count). The van der Waals surface area contributed by atoms with Gasteiger partial charge in [0.1, 0.15) is 0 Å². The minimum atomic E-state index is 0.770. The number of anilines is 1. The van der Waals surface area contributed by atoms with Gasteiger partial charge < -0.3 is 10.3 Å². The normalized spacial score (nSPS) is 11.4. The first-order chi connectivity index (χ1) is 23.7. The zero-order chi connectivity index (χ0) is 32.0. The molecular weight excluding hydrogens is 581 g/mol. The molecule has 8 aromatic carbocycles. The van der Waals surface area contributed by atoms with E-state index in [2.05, 4.69) is 187 Å². The molecule has 9 aromatic rings. The molecule has 48 heavy (non-hydrogen) atoms. The summed E-state index contributed by atoms with van der Waals surface area (Å²) in [7, 11) is 0. The molecule has 2 nitrogen and oxygen atoms in total. The third-order valence-electron chi connectivity index (χ3n) is 9.49. The Morgan fingerprint density at radius 3 is 1.33 bits per heavy atom. The molecule has 1 aromatic heterocycles. The number of nitrogens with two attached hydrogens (primary N) is 1. The molecule has 1 heterocycles. The lowest BCUT2D eigenvalue weighted by Gasteiger charge is -2.16. The van der Waals surface area contributed by atoms with Crippen molar-refractivity contribution in [1.29, 1.82) is 0 Å². The molecule has 0 amide bonds. The van der Waals surface area contributed by atoms with E-state index in [-0.39, 0.29) is 0 Å². The highest BCUT2D eigenvalue weighted by atomic mass is 15.0. The van der Waals surface area contributed by atoms with E-state index in [1.54, 1.807) is 0 Å². The Morgan fingerprint density at radius 1 is 0.333 bits per heavy atom. The Labute approximate surface area is 280 Å². The quantitative estimate of drug-likeness (QED) is 0.193. The van der Waals surface area contributed by atoms with E-state index in [4.69, 9.17) is 5.73 Å². The lowest BCUT2D eigenvalue weighted by atomic mass is 9.95. The molecule has 2 heteroatoms. The Balaban J connectivity index is 1.33. The van der Waals surface area contributed by atoms with Gasteiger partial charge in [0.05, 0.1) is 11.0 Å². The molecule has 0 spiro atoms. The van der Waals surface area contributed by atoms with Crippen molar-refractivity contribution in [3.8, 4) is 50.2 Å². The van der Waals surface area contributed by atoms with Crippen LogP contribution in [0.2, 0.25) is 0 Å². The maximum Gasteiger partial charge on any atom is 0.0541 e. The van der Waals surface area contributed by atoms with Gasteiger partial charge in [-0.05, 0) is 104 Å². The molecular formula is C46H32N2. The fourth-order valence-electron chi connectivity index (χ4n) is 7.12. The second-order valence-electron chi connectivity index (χ2n) is 12.5. The summed E-state index contributed by atoms with van der Waals surface area (Å²) in [5, 5.41) is 4.76. The van der Waals surface area contributed by atoms with E-state index >= 15 is 0 Å². The van der Waals surface area contributed by atoms with Crippen LogP contribution in [-0.4, -0.2) is 4.57 Å². The van der Waals surface area contributed by atoms with Gasteiger partial charge in [0.25, 0.3) is 0 Å². The number of hydrogen-bond donors (Lipinski definition) is 1. The van der Waals surface area contributed by atoms with Crippen molar-refractivity contribution >= 4 is 38.3 Å². The number of fused-ring (bicyclic) bond motifs is 4. The van der Waals surface area contributed by atoms with Crippen LogP contribution in [-0.2, 0) is 0 Å². The summed E-state index contributed by atoms with van der Waals surface area (Å²) >= 11 is 0. The molecule has 0 fully saturated rings. The van der Waals surface area contributed by atoms with Gasteiger partial charge in [-0.3, -0.25) is 0 Å². The topological polar surface area (TPSA) is 30.9 Å². The SMILES string of the molecule is Nc1cc2ccccc2cc1-c1cc(-c2ccccc2)cc(-n2c3ccc(-c4ccccc4)cc3c3cc(-c4ccccc4)ccc32)c1. The number of nitrogens with zero attached hydrogens (tertiary/aromatic N) is 1. The van der Waals surface area contributed by atoms with Crippen LogP contribution in [0.15, 0.2) is 182 Å². The Bertz CT molecular complexity index is 2500. The predicted molar refractivity (Wildman–Crippen MR) is 204 cm³/mol. The van der Waals surface area contributed by atoms with Gasteiger partial charge in [-0.1, -0.05) is 127 Å². The van der Waals surface area contributed by atoms with Crippen molar-refractivity contribution in [1.82, 2.24) is 4.57 Å². The number of nitrogen functional groups attached to an aromatic ring is 1. The zero-order valence-electron chi connectivity index (χ0n) is 26.3. The first-order valence-electron chi connectivity index (χ1n) is 16.4. The molecule has 0 saturated carbocycles. The highest BCUT2D eigenvalue weighted by Gasteiger charge is 2.17. The maximum atomic E-state index is 6.79. The average molecular weight is 613 g/mol. The van der Waals surface area contributed by atoms with Crippen LogP contribution in [0.3, 0.4) is 0 Å². The van der Waals surface area contributed by atoms with Crippen LogP contribution in [0.1, 0.15) is 0 Å². The highest BCUT2D eigenvalue weighted by Crippen LogP contribution is 2.40. The standard InChI is InChI=1S/C46H32N2/c47-44-30-35-19-11-10-18-34(35)27-41(44)39-24-38(33-16-8-3-9-17-33)25-40(26-39)48-45-22-20-36(31-12-4-1-5-13-31)28-42(45)43-29-37(21-23-46(43)48)32-14-6-2-7-15-32/h1-30H,47H2. The third kappa shape index (κ3) is 4.83. The predicted octanol–water partition coefficient (Wildman–Crippen LogP) is 12.2. The van der Waals surface area contributed by atoms with Crippen LogP contribution in [0.4, 0.5) is 5.69 Å². The Morgan fingerprint density at radius 2 is 0.792 bits per heavy atom. The van der Waals surface area contributed by atoms with Gasteiger partial charge in [-0.2, -0.15) is 0 Å². The summed E-state index contributed by atoms with van der Waals surface area (Å²) in [6.07, 6.45) is 0. The van der Waals surface area contributed by atoms with E-state index in [1.165, 1.54) is 44.0 Å². The minimum Gasteiger partial charge on any atom is -0.398 e. The van der Waals surface area contributed by atoms with Crippen LogP contribution in [0.5, 0.6) is 0 Å². The summed E-state index contributed by atoms with van der Waals surface area (Å²) < 4.78 is 2.42. The van der Waals surface area contributed by atoms with Crippen molar-refractivity contribution in [2.75, 3.05) is 5.73 Å². The molecule has 0 aliphatic rings. The average Bonchev–Trinajstić information content (AvgIpc) is 3.48. The molecule has 0 radical (unpaired) electrons. The first kappa shape index (κ1) is 27.9. The summed E-state index contributed by atoms with van der Waals surface area (Å²) in [5.74, 6) is 0. The fourth-order valence-corrected chi connectivity index (χ4v) is 7.12. The summed E-state index contributed by atoms with van der Waals surface area (Å²) in [6.45, 7) is 0. The summed E-state index contributed by atoms with van der Waals surface area (Å²) in [6, 6.07) is 65.2. The van der Waals surface area contributed by atoms with Gasteiger partial charge in [0.15, 0.2) is 0 Å². The molecule has 0 bridgehead atoms. The van der Waals surface area contributed by atoms with Crippen LogP contribution in [0, 0.1) is 0 Å². The zero-order valence-corrected chi connectivity index (χ0v) is 26.3. The van der Waals surface area contributed by atoms with E-state index in [1.807, 2.05) is 0 Å². The van der Waals surface area contributed by atoms with Crippen LogP contribution >= 0.6 is 0 Å². The Hall–Kier alpha value is -6.38. The van der Waals surface area contributed by atoms with Gasteiger partial charge in [-0.15, -0.1) is 0 Å². The second-order valence-corrected chi connectivity index (χ2v) is 12.5. The summed E-state index contributed by atoms with van der Waals surface area (Å²) in [5.41, 5.74) is 20.2. The van der Waals surface area contributed by atoms with Crippen LogP contribution in [0.25, 0.3) is 82.8 Å². The maximum absolute atomic E-state index is 6.79. The van der Waals surface area contributed by atoms with Gasteiger partial charge in [-0.25, -0.2) is 0 Å². The monoisotopic (exact) mass is 612 g/mol. The van der Waals surface area contributed by atoms with Crippen molar-refractivity contribution in [2.24, 2.45) is 0 Å². The minimum absolute atomic E-state index is 0.770. The third-order valence-corrected chi connectivity index (χ3v) is 9.49. The number of benzene rings is 8. The van der Waals surface area contributed by atoms with Crippen molar-refractivity contribution < 1.29 is 0 Å². The van der Waals surface area contributed by atoms with E-state index < -0.39 is 0 Å². The lowest BCUT2D eigenvalue weighted by Crippen LogP contribution is -1.97. The van der Waals surface area contributed by atoms with Crippen molar-refractivity contribution in [3.63, 3.8) is 0 Å². The highest BCUT2D eigenvalue weighted by molar-refractivity contribution is 6.12. The first-order valence-corrected chi connectivity index (χ1v) is 16.4. The molecule has 0 aliphatic carbocycles. The number of rotatable bonds is 5. The van der Waals surface area contributed by atoms with Gasteiger partial charge in [0.2, 0.25) is 0 Å². The Kier molecular flexibility index (Phi) is 6.65. The van der Waals surface area contributed by atoms with Gasteiger partial charge in [0, 0.05) is 27.7 Å². The number of aromatic nitrogens is 1. The molecule has 0 saturated heterocycles. The largest absolute Gasteiger partial charge is 0.398 e. The smallest absolute Gasteiger partial charge is 0.0541 e.